The fourth-order valence-corrected chi connectivity index (χ4v) is 12.2. The second-order valence-corrected chi connectivity index (χ2v) is 20.0. The van der Waals surface area contributed by atoms with Gasteiger partial charge in [0.25, 0.3) is 5.91 Å². The van der Waals surface area contributed by atoms with E-state index < -0.39 is 23.4 Å². The number of benzene rings is 4. The minimum absolute atomic E-state index is 0.0397. The van der Waals surface area contributed by atoms with Gasteiger partial charge in [-0.1, -0.05) is 96.6 Å². The lowest BCUT2D eigenvalue weighted by Crippen LogP contribution is -2.42. The van der Waals surface area contributed by atoms with E-state index in [1.165, 1.54) is 0 Å². The summed E-state index contributed by atoms with van der Waals surface area (Å²) in [5.41, 5.74) is 3.40. The van der Waals surface area contributed by atoms with Crippen molar-refractivity contribution in [2.24, 2.45) is 22.7 Å². The van der Waals surface area contributed by atoms with Crippen LogP contribution in [0.4, 0.5) is 0 Å². The lowest BCUT2D eigenvalue weighted by atomic mass is 9.56. The first kappa shape index (κ1) is 48.4. The minimum Gasteiger partial charge on any atom is -0.484 e. The third-order valence-electron chi connectivity index (χ3n) is 14.3. The Morgan fingerprint density at radius 1 is 0.677 bits per heavy atom. The summed E-state index contributed by atoms with van der Waals surface area (Å²) in [6.45, 7) is 7.80. The van der Waals surface area contributed by atoms with Gasteiger partial charge in [-0.2, -0.15) is 0 Å². The van der Waals surface area contributed by atoms with Crippen molar-refractivity contribution in [3.05, 3.63) is 127 Å². The SMILES string of the molecule is C[C@H]1NC(=O)[C@]2(C)CC[C@@H](c3ccc(OCC(=O)NCCO)cc3Cl)[C@H](c3ccc(Cl)cc3)[C@H]12.C[C@H]1NC(=O)[C@]2(C)CC[C@@H](c3ccc(OCC(=O)O)cc3Cl)[C@H](c3ccc(Cl)cc3)[C@H]12. The second-order valence-electron chi connectivity index (χ2n) is 18.3. The molecule has 15 heteroatoms. The highest BCUT2D eigenvalue weighted by molar-refractivity contribution is 6.32. The first-order valence-corrected chi connectivity index (χ1v) is 23.5. The minimum atomic E-state index is -1.04. The maximum absolute atomic E-state index is 12.9. The Morgan fingerprint density at radius 3 is 1.48 bits per heavy atom. The van der Waals surface area contributed by atoms with Gasteiger partial charge in [0, 0.05) is 50.6 Å². The number of carbonyl (C=O) groups is 4. The maximum Gasteiger partial charge on any atom is 0.341 e. The lowest BCUT2D eigenvalue weighted by Gasteiger charge is -2.46. The lowest BCUT2D eigenvalue weighted by molar-refractivity contribution is -0.139. The third kappa shape index (κ3) is 10.1. The van der Waals surface area contributed by atoms with Crippen LogP contribution in [0.25, 0.3) is 0 Å². The number of ether oxygens (including phenoxy) is 2. The van der Waals surface area contributed by atoms with E-state index in [2.05, 4.69) is 55.8 Å². The zero-order chi connectivity index (χ0) is 46.8. The highest BCUT2D eigenvalue weighted by Crippen LogP contribution is 2.61. The zero-order valence-electron chi connectivity index (χ0n) is 36.7. The molecule has 2 aliphatic heterocycles. The number of amides is 3. The molecule has 11 nitrogen and oxygen atoms in total. The number of carboxylic acids is 1. The number of halogens is 4. The second kappa shape index (κ2) is 20.1. The van der Waals surface area contributed by atoms with Crippen molar-refractivity contribution in [3.8, 4) is 11.5 Å². The number of fused-ring (bicyclic) bond motifs is 2. The molecular formula is C50H55Cl4N3O8. The van der Waals surface area contributed by atoms with Gasteiger partial charge in [0.15, 0.2) is 13.2 Å². The number of hydrogen-bond acceptors (Lipinski definition) is 7. The van der Waals surface area contributed by atoms with Crippen LogP contribution in [0.2, 0.25) is 20.1 Å². The Bertz CT molecular complexity index is 2400. The van der Waals surface area contributed by atoms with Crippen LogP contribution in [0.1, 0.15) is 99.3 Å². The Balaban J connectivity index is 0.000000195. The molecule has 2 heterocycles. The Morgan fingerprint density at radius 2 is 1.09 bits per heavy atom. The molecule has 0 unspecified atom stereocenters. The number of rotatable bonds is 12. The van der Waals surface area contributed by atoms with Crippen LogP contribution in [0.3, 0.4) is 0 Å². The average molecular weight is 968 g/mol. The molecule has 4 fully saturated rings. The molecule has 4 aromatic carbocycles. The number of aliphatic hydroxyl groups is 1. The molecule has 5 N–H and O–H groups in total. The molecule has 0 bridgehead atoms. The van der Waals surface area contributed by atoms with Crippen LogP contribution in [0.15, 0.2) is 84.9 Å². The molecule has 65 heavy (non-hydrogen) atoms. The van der Waals surface area contributed by atoms with Gasteiger partial charge in [0.2, 0.25) is 11.8 Å². The molecular weight excluding hydrogens is 912 g/mol. The molecule has 4 aromatic rings. The Hall–Kier alpha value is -4.52. The van der Waals surface area contributed by atoms with Crippen LogP contribution in [-0.4, -0.2) is 72.4 Å². The normalized spacial score (nSPS) is 29.0. The zero-order valence-corrected chi connectivity index (χ0v) is 39.7. The standard InChI is InChI=1S/C26H30Cl2N2O4.C24H25Cl2NO4/c1-15-24-23(16-3-5-17(27)6-4-16)20(9-10-26(24,2)25(33)30-15)19-8-7-18(13-21(19)28)34-14-22(32)29-11-12-31;1-13-22-21(14-3-5-15(25)6-4-14)18(9-10-24(22,2)23(30)27-13)17-8-7-16(11-19(17)26)31-12-20(28)29/h3-8,13,15,20,23-24,31H,9-12,14H2,1-2H3,(H,29,32)(H,30,33);3-8,11,13,18,21-22H,9-10,12H2,1-2H3,(H,27,30)(H,28,29)/t15-,20+,23+,24+,26-;13-,18+,21+,22+,24-/m11/s1. The van der Waals surface area contributed by atoms with Crippen molar-refractivity contribution >= 4 is 70.1 Å². The van der Waals surface area contributed by atoms with Gasteiger partial charge >= 0.3 is 5.97 Å². The maximum atomic E-state index is 12.9. The number of carbonyl (C=O) groups excluding carboxylic acids is 3. The van der Waals surface area contributed by atoms with Crippen molar-refractivity contribution in [1.82, 2.24) is 16.0 Å². The van der Waals surface area contributed by atoms with Crippen LogP contribution < -0.4 is 25.4 Å². The van der Waals surface area contributed by atoms with Crippen LogP contribution in [0.5, 0.6) is 11.5 Å². The summed E-state index contributed by atoms with van der Waals surface area (Å²) >= 11 is 25.8. The van der Waals surface area contributed by atoms with Gasteiger partial charge in [-0.15, -0.1) is 0 Å². The van der Waals surface area contributed by atoms with E-state index in [-0.39, 0.29) is 85.1 Å². The molecule has 10 atom stereocenters. The van der Waals surface area contributed by atoms with E-state index in [0.29, 0.717) is 31.6 Å². The van der Waals surface area contributed by atoms with E-state index in [1.807, 2.05) is 54.6 Å². The molecule has 2 saturated heterocycles. The largest absolute Gasteiger partial charge is 0.484 e. The number of nitrogens with one attached hydrogen (secondary N) is 3. The molecule has 4 aliphatic rings. The van der Waals surface area contributed by atoms with Gasteiger partial charge in [0.1, 0.15) is 11.5 Å². The summed E-state index contributed by atoms with van der Waals surface area (Å²) in [6, 6.07) is 26.7. The van der Waals surface area contributed by atoms with E-state index >= 15 is 0 Å². The van der Waals surface area contributed by atoms with Crippen molar-refractivity contribution in [3.63, 3.8) is 0 Å². The molecule has 2 aliphatic carbocycles. The first-order chi connectivity index (χ1) is 30.9. The molecule has 0 spiro atoms. The van der Waals surface area contributed by atoms with Gasteiger partial charge in [-0.25, -0.2) is 4.79 Å². The Labute approximate surface area is 399 Å². The molecule has 0 radical (unpaired) electrons. The first-order valence-electron chi connectivity index (χ1n) is 22.0. The highest BCUT2D eigenvalue weighted by Gasteiger charge is 2.59. The summed E-state index contributed by atoms with van der Waals surface area (Å²) in [6.07, 6.45) is 3.19. The fraction of sp³-hybridized carbons (Fsp3) is 0.440. The average Bonchev–Trinajstić information content (AvgIpc) is 3.65. The molecule has 8 rings (SSSR count). The van der Waals surface area contributed by atoms with E-state index in [9.17, 15) is 19.2 Å². The summed E-state index contributed by atoms with van der Waals surface area (Å²) in [5.74, 6) is 0.418. The van der Waals surface area contributed by atoms with E-state index in [1.54, 1.807) is 18.2 Å². The van der Waals surface area contributed by atoms with Crippen molar-refractivity contribution < 1.29 is 38.9 Å². The van der Waals surface area contributed by atoms with Gasteiger partial charge < -0.3 is 35.6 Å². The third-order valence-corrected chi connectivity index (χ3v) is 15.5. The summed E-state index contributed by atoms with van der Waals surface area (Å²) in [5, 5.41) is 29.0. The smallest absolute Gasteiger partial charge is 0.341 e. The van der Waals surface area contributed by atoms with Crippen molar-refractivity contribution in [2.75, 3.05) is 26.4 Å². The number of aliphatic hydroxyl groups excluding tert-OH is 1. The monoisotopic (exact) mass is 965 g/mol. The molecule has 346 valence electrons. The summed E-state index contributed by atoms with van der Waals surface area (Å²) in [7, 11) is 0. The molecule has 2 saturated carbocycles. The van der Waals surface area contributed by atoms with E-state index in [0.717, 1.165) is 47.9 Å². The number of aliphatic carboxylic acids is 1. The van der Waals surface area contributed by atoms with Gasteiger partial charge in [-0.3, -0.25) is 14.4 Å². The Kier molecular flexibility index (Phi) is 15.0. The van der Waals surface area contributed by atoms with Gasteiger partial charge in [-0.05, 0) is 134 Å². The quantitative estimate of drug-likeness (QED) is 0.0938. The number of hydrogen-bond donors (Lipinski definition) is 5. The van der Waals surface area contributed by atoms with Gasteiger partial charge in [0.05, 0.1) is 17.4 Å². The molecule has 0 aromatic heterocycles. The summed E-state index contributed by atoms with van der Waals surface area (Å²) < 4.78 is 10.9. The highest BCUT2D eigenvalue weighted by atomic mass is 35.5. The topological polar surface area (TPSA) is 163 Å². The fourth-order valence-electron chi connectivity index (χ4n) is 11.4. The summed E-state index contributed by atoms with van der Waals surface area (Å²) in [4.78, 5) is 48.3. The van der Waals surface area contributed by atoms with Crippen LogP contribution in [-0.2, 0) is 19.2 Å². The van der Waals surface area contributed by atoms with Crippen LogP contribution in [0, 0.1) is 22.7 Å². The van der Waals surface area contributed by atoms with Crippen molar-refractivity contribution in [2.45, 2.75) is 89.1 Å². The molecule has 3 amide bonds. The van der Waals surface area contributed by atoms with Crippen molar-refractivity contribution in [1.29, 1.82) is 0 Å². The van der Waals surface area contributed by atoms with E-state index in [4.69, 9.17) is 66.1 Å². The van der Waals surface area contributed by atoms with Crippen LogP contribution >= 0.6 is 46.4 Å². The number of carboxylic acid groups (broad SMARTS) is 1. The predicted octanol–water partition coefficient (Wildman–Crippen LogP) is 9.54. The predicted molar refractivity (Wildman–Crippen MR) is 252 cm³/mol.